The zero-order valence-electron chi connectivity index (χ0n) is 8.59. The molecule has 0 spiro atoms. The summed E-state index contributed by atoms with van der Waals surface area (Å²) in [7, 11) is 0. The van der Waals surface area contributed by atoms with Crippen LogP contribution < -0.4 is 0 Å². The second kappa shape index (κ2) is 6.53. The molecule has 0 rings (SSSR count). The lowest BCUT2D eigenvalue weighted by Crippen LogP contribution is -2.10. The van der Waals surface area contributed by atoms with Gasteiger partial charge in [-0.05, 0) is 18.1 Å². The van der Waals surface area contributed by atoms with Gasteiger partial charge in [-0.1, -0.05) is 27.7 Å². The van der Waals surface area contributed by atoms with Gasteiger partial charge in [0, 0.05) is 5.92 Å². The molecule has 0 fully saturated rings. The van der Waals surface area contributed by atoms with Crippen LogP contribution in [0.25, 0.3) is 0 Å². The Morgan fingerprint density at radius 2 is 1.83 bits per heavy atom. The van der Waals surface area contributed by atoms with Gasteiger partial charge in [0.15, 0.2) is 0 Å². The number of hydrogen-bond acceptors (Lipinski definition) is 2. The van der Waals surface area contributed by atoms with Gasteiger partial charge in [0.2, 0.25) is 0 Å². The molecule has 72 valence electrons. The van der Waals surface area contributed by atoms with Crippen molar-refractivity contribution in [1.82, 2.24) is 0 Å². The largest absolute Gasteiger partial charge is 0.298 e. The highest BCUT2D eigenvalue weighted by molar-refractivity contribution is 7.99. The molecule has 1 nitrogen and oxygen atoms in total. The standard InChI is InChI=1S/C10H20OS/c1-8(2)5-6-12-7-10(11)9(3)4/h8-9H,5-7H2,1-4H3. The summed E-state index contributed by atoms with van der Waals surface area (Å²) in [6, 6.07) is 0. The predicted molar refractivity (Wildman–Crippen MR) is 56.6 cm³/mol. The molecule has 0 bridgehead atoms. The lowest BCUT2D eigenvalue weighted by atomic mass is 10.1. The first-order valence-electron chi connectivity index (χ1n) is 4.64. The van der Waals surface area contributed by atoms with Gasteiger partial charge in [-0.2, -0.15) is 11.8 Å². The minimum Gasteiger partial charge on any atom is -0.298 e. The van der Waals surface area contributed by atoms with Gasteiger partial charge >= 0.3 is 0 Å². The highest BCUT2D eigenvalue weighted by Gasteiger charge is 2.06. The van der Waals surface area contributed by atoms with Crippen LogP contribution in [0.1, 0.15) is 34.1 Å². The molecule has 0 unspecified atom stereocenters. The molecule has 0 aromatic heterocycles. The fraction of sp³-hybridized carbons (Fsp3) is 0.900. The summed E-state index contributed by atoms with van der Waals surface area (Å²) in [5, 5.41) is 0. The van der Waals surface area contributed by atoms with Gasteiger partial charge < -0.3 is 0 Å². The van der Waals surface area contributed by atoms with Crippen LogP contribution in [0, 0.1) is 11.8 Å². The number of hydrogen-bond donors (Lipinski definition) is 0. The molecule has 0 radical (unpaired) electrons. The molecule has 0 aromatic carbocycles. The van der Waals surface area contributed by atoms with E-state index < -0.39 is 0 Å². The Labute approximate surface area is 80.3 Å². The van der Waals surface area contributed by atoms with Crippen molar-refractivity contribution in [3.8, 4) is 0 Å². The van der Waals surface area contributed by atoms with Crippen molar-refractivity contribution in [2.24, 2.45) is 11.8 Å². The first kappa shape index (κ1) is 12.0. The molecule has 0 aliphatic rings. The average molecular weight is 188 g/mol. The van der Waals surface area contributed by atoms with Gasteiger partial charge in [-0.25, -0.2) is 0 Å². The van der Waals surface area contributed by atoms with E-state index in [-0.39, 0.29) is 5.92 Å². The van der Waals surface area contributed by atoms with Crippen molar-refractivity contribution in [3.63, 3.8) is 0 Å². The Kier molecular flexibility index (Phi) is 6.54. The van der Waals surface area contributed by atoms with Gasteiger partial charge in [0.1, 0.15) is 5.78 Å². The third-order valence-electron chi connectivity index (χ3n) is 1.73. The first-order chi connectivity index (χ1) is 5.54. The van der Waals surface area contributed by atoms with Crippen LogP contribution >= 0.6 is 11.8 Å². The second-order valence-electron chi connectivity index (χ2n) is 3.86. The van der Waals surface area contributed by atoms with Crippen molar-refractivity contribution < 1.29 is 4.79 Å². The molecule has 0 saturated heterocycles. The molecule has 0 heterocycles. The summed E-state index contributed by atoms with van der Waals surface area (Å²) in [4.78, 5) is 11.2. The summed E-state index contributed by atoms with van der Waals surface area (Å²) < 4.78 is 0. The number of ketones is 1. The van der Waals surface area contributed by atoms with Crippen LogP contribution in [0.3, 0.4) is 0 Å². The number of thioether (sulfide) groups is 1. The van der Waals surface area contributed by atoms with Crippen LogP contribution in [0.15, 0.2) is 0 Å². The topological polar surface area (TPSA) is 17.1 Å². The minimum atomic E-state index is 0.205. The zero-order chi connectivity index (χ0) is 9.56. The van der Waals surface area contributed by atoms with E-state index in [0.717, 1.165) is 11.7 Å². The van der Waals surface area contributed by atoms with Gasteiger partial charge in [0.05, 0.1) is 5.75 Å². The maximum Gasteiger partial charge on any atom is 0.145 e. The molecule has 0 saturated carbocycles. The van der Waals surface area contributed by atoms with Crippen LogP contribution in [-0.2, 0) is 4.79 Å². The Balaban J connectivity index is 3.26. The number of carbonyl (C=O) groups is 1. The molecule has 0 amide bonds. The normalized spacial score (nSPS) is 11.2. The fourth-order valence-electron chi connectivity index (χ4n) is 0.658. The average Bonchev–Trinajstić information content (AvgIpc) is 1.97. The second-order valence-corrected chi connectivity index (χ2v) is 4.96. The van der Waals surface area contributed by atoms with E-state index in [1.807, 2.05) is 13.8 Å². The molecular formula is C10H20OS. The van der Waals surface area contributed by atoms with E-state index in [1.165, 1.54) is 6.42 Å². The summed E-state index contributed by atoms with van der Waals surface area (Å²) in [6.45, 7) is 8.35. The van der Waals surface area contributed by atoms with Crippen LogP contribution in [0.5, 0.6) is 0 Å². The predicted octanol–water partition coefficient (Wildman–Crippen LogP) is 2.99. The smallest absolute Gasteiger partial charge is 0.145 e. The van der Waals surface area contributed by atoms with E-state index >= 15 is 0 Å². The Bertz CT molecular complexity index is 130. The molecule has 0 N–H and O–H groups in total. The van der Waals surface area contributed by atoms with E-state index in [2.05, 4.69) is 13.8 Å². The summed E-state index contributed by atoms with van der Waals surface area (Å²) >= 11 is 1.77. The van der Waals surface area contributed by atoms with Crippen molar-refractivity contribution in [2.45, 2.75) is 34.1 Å². The quantitative estimate of drug-likeness (QED) is 0.596. The van der Waals surface area contributed by atoms with Gasteiger partial charge in [-0.15, -0.1) is 0 Å². The molecule has 2 heteroatoms. The third kappa shape index (κ3) is 6.71. The summed E-state index contributed by atoms with van der Waals surface area (Å²) in [5.74, 6) is 3.16. The lowest BCUT2D eigenvalue weighted by molar-refractivity contribution is -0.119. The third-order valence-corrected chi connectivity index (χ3v) is 2.74. The SMILES string of the molecule is CC(C)CCSCC(=O)C(C)C. The van der Waals surface area contributed by atoms with E-state index in [1.54, 1.807) is 11.8 Å². The maximum atomic E-state index is 11.2. The highest BCUT2D eigenvalue weighted by Crippen LogP contribution is 2.10. The molecule has 12 heavy (non-hydrogen) atoms. The number of Topliss-reactive ketones (excluding diaryl/α,β-unsaturated/α-hetero) is 1. The molecular weight excluding hydrogens is 168 g/mol. The maximum absolute atomic E-state index is 11.2. The summed E-state index contributed by atoms with van der Waals surface area (Å²) in [5.41, 5.74) is 0. The van der Waals surface area contributed by atoms with Crippen LogP contribution in [0.2, 0.25) is 0 Å². The van der Waals surface area contributed by atoms with E-state index in [9.17, 15) is 4.79 Å². The monoisotopic (exact) mass is 188 g/mol. The van der Waals surface area contributed by atoms with E-state index in [4.69, 9.17) is 0 Å². The van der Waals surface area contributed by atoms with Crippen molar-refractivity contribution in [1.29, 1.82) is 0 Å². The zero-order valence-corrected chi connectivity index (χ0v) is 9.41. The number of carbonyl (C=O) groups excluding carboxylic acids is 1. The molecule has 0 aromatic rings. The molecule has 0 aliphatic carbocycles. The van der Waals surface area contributed by atoms with Crippen molar-refractivity contribution in [3.05, 3.63) is 0 Å². The van der Waals surface area contributed by atoms with Crippen LogP contribution in [0.4, 0.5) is 0 Å². The fourth-order valence-corrected chi connectivity index (χ4v) is 1.98. The molecule has 0 atom stereocenters. The Hall–Kier alpha value is 0.0200. The highest BCUT2D eigenvalue weighted by atomic mass is 32.2. The van der Waals surface area contributed by atoms with Gasteiger partial charge in [0.25, 0.3) is 0 Å². The summed E-state index contributed by atoms with van der Waals surface area (Å²) in [6.07, 6.45) is 1.22. The Morgan fingerprint density at radius 3 is 2.25 bits per heavy atom. The Morgan fingerprint density at radius 1 is 1.25 bits per heavy atom. The van der Waals surface area contributed by atoms with E-state index in [0.29, 0.717) is 11.5 Å². The number of rotatable bonds is 6. The van der Waals surface area contributed by atoms with Crippen LogP contribution in [-0.4, -0.2) is 17.3 Å². The minimum absolute atomic E-state index is 0.205. The lowest BCUT2D eigenvalue weighted by Gasteiger charge is -2.05. The first-order valence-corrected chi connectivity index (χ1v) is 5.80. The molecule has 0 aliphatic heterocycles. The van der Waals surface area contributed by atoms with Crippen molar-refractivity contribution in [2.75, 3.05) is 11.5 Å². The van der Waals surface area contributed by atoms with Crippen molar-refractivity contribution >= 4 is 17.5 Å². The van der Waals surface area contributed by atoms with Gasteiger partial charge in [-0.3, -0.25) is 4.79 Å².